The summed E-state index contributed by atoms with van der Waals surface area (Å²) < 4.78 is 16.1. The van der Waals surface area contributed by atoms with Crippen molar-refractivity contribution in [2.24, 2.45) is 0 Å². The second kappa shape index (κ2) is 4.60. The monoisotopic (exact) mass is 216 g/mol. The van der Waals surface area contributed by atoms with Crippen LogP contribution in [0.1, 0.15) is 13.3 Å². The molecule has 1 rings (SSSR count). The highest BCUT2D eigenvalue weighted by Crippen LogP contribution is 2.43. The fourth-order valence-corrected chi connectivity index (χ4v) is 1.78. The molecule has 0 aliphatic heterocycles. The van der Waals surface area contributed by atoms with Crippen LogP contribution < -0.4 is 4.74 Å². The first-order chi connectivity index (χ1) is 6.54. The van der Waals surface area contributed by atoms with E-state index in [2.05, 4.69) is 0 Å². The maximum atomic E-state index is 10.9. The van der Waals surface area contributed by atoms with Gasteiger partial charge in [0.1, 0.15) is 5.75 Å². The molecule has 4 nitrogen and oxygen atoms in total. The number of rotatable bonds is 4. The lowest BCUT2D eigenvalue weighted by Gasteiger charge is -2.18. The normalized spacial score (nSPS) is 13.6. The summed E-state index contributed by atoms with van der Waals surface area (Å²) in [6.45, 7) is 1.67. The largest absolute Gasteiger partial charge is 0.478 e. The molecule has 1 unspecified atom stereocenters. The van der Waals surface area contributed by atoms with E-state index in [0.29, 0.717) is 5.75 Å². The lowest BCUT2D eigenvalue weighted by molar-refractivity contribution is 0.219. The minimum atomic E-state index is -4.16. The number of hydrogen-bond acceptors (Lipinski definition) is 2. The van der Waals surface area contributed by atoms with Gasteiger partial charge in [-0.1, -0.05) is 25.1 Å². The third-order valence-electron chi connectivity index (χ3n) is 1.74. The summed E-state index contributed by atoms with van der Waals surface area (Å²) in [5, 5.41) is 0. The van der Waals surface area contributed by atoms with Gasteiger partial charge in [-0.3, -0.25) is 4.57 Å². The molecule has 14 heavy (non-hydrogen) atoms. The second-order valence-electron chi connectivity index (χ2n) is 2.88. The Hall–Kier alpha value is -0.830. The summed E-state index contributed by atoms with van der Waals surface area (Å²) in [5.74, 6) is -0.576. The third kappa shape index (κ3) is 3.14. The van der Waals surface area contributed by atoms with Crippen LogP contribution in [-0.2, 0) is 4.57 Å². The zero-order chi connectivity index (χ0) is 10.6. The van der Waals surface area contributed by atoms with Crippen LogP contribution in [0, 0.1) is 0 Å². The molecule has 0 aliphatic rings. The summed E-state index contributed by atoms with van der Waals surface area (Å²) in [6.07, 6.45) is 0.277. The van der Waals surface area contributed by atoms with Crippen LogP contribution >= 0.6 is 7.60 Å². The highest BCUT2D eigenvalue weighted by molar-refractivity contribution is 7.52. The molecule has 0 heterocycles. The lowest BCUT2D eigenvalue weighted by atomic mass is 10.3. The molecule has 0 amide bonds. The highest BCUT2D eigenvalue weighted by Gasteiger charge is 2.28. The average molecular weight is 216 g/mol. The molecule has 0 aromatic heterocycles. The van der Waals surface area contributed by atoms with Crippen LogP contribution in [0.15, 0.2) is 30.3 Å². The predicted molar refractivity (Wildman–Crippen MR) is 53.2 cm³/mol. The highest BCUT2D eigenvalue weighted by atomic mass is 31.2. The van der Waals surface area contributed by atoms with Gasteiger partial charge >= 0.3 is 7.60 Å². The minimum Gasteiger partial charge on any atom is -0.478 e. The molecule has 0 saturated heterocycles. The van der Waals surface area contributed by atoms with E-state index in [1.165, 1.54) is 0 Å². The quantitative estimate of drug-likeness (QED) is 0.755. The van der Waals surface area contributed by atoms with E-state index in [9.17, 15) is 4.57 Å². The summed E-state index contributed by atoms with van der Waals surface area (Å²) in [4.78, 5) is 17.8. The Morgan fingerprint density at radius 3 is 2.36 bits per heavy atom. The van der Waals surface area contributed by atoms with Gasteiger partial charge in [0.2, 0.25) is 0 Å². The SMILES string of the molecule is CCC(Oc1ccccc1)P(=O)(O)O. The number of hydrogen-bond donors (Lipinski definition) is 2. The van der Waals surface area contributed by atoms with Crippen molar-refractivity contribution >= 4 is 7.60 Å². The van der Waals surface area contributed by atoms with E-state index in [1.54, 1.807) is 31.2 Å². The Kier molecular flexibility index (Phi) is 3.69. The van der Waals surface area contributed by atoms with E-state index in [1.807, 2.05) is 6.07 Å². The first-order valence-electron chi connectivity index (χ1n) is 4.31. The summed E-state index contributed by atoms with van der Waals surface area (Å²) in [7, 11) is -4.16. The maximum absolute atomic E-state index is 10.9. The topological polar surface area (TPSA) is 66.8 Å². The van der Waals surface area contributed by atoms with Gasteiger partial charge in [-0.25, -0.2) is 0 Å². The Morgan fingerprint density at radius 1 is 1.36 bits per heavy atom. The Balaban J connectivity index is 2.72. The lowest BCUT2D eigenvalue weighted by Crippen LogP contribution is -2.15. The number of ether oxygens (including phenoxy) is 1. The molecule has 0 fully saturated rings. The van der Waals surface area contributed by atoms with Crippen molar-refractivity contribution in [3.05, 3.63) is 30.3 Å². The van der Waals surface area contributed by atoms with Crippen LogP contribution in [0.3, 0.4) is 0 Å². The van der Waals surface area contributed by atoms with Crippen molar-refractivity contribution in [3.63, 3.8) is 0 Å². The summed E-state index contributed by atoms with van der Waals surface area (Å²) in [5.41, 5.74) is 0. The minimum absolute atomic E-state index is 0.277. The maximum Gasteiger partial charge on any atom is 0.365 e. The van der Waals surface area contributed by atoms with E-state index in [-0.39, 0.29) is 6.42 Å². The van der Waals surface area contributed by atoms with Gasteiger partial charge in [0.25, 0.3) is 0 Å². The summed E-state index contributed by atoms with van der Waals surface area (Å²) in [6, 6.07) is 8.64. The molecule has 0 bridgehead atoms. The third-order valence-corrected chi connectivity index (χ3v) is 2.96. The van der Waals surface area contributed by atoms with Gasteiger partial charge < -0.3 is 14.5 Å². The predicted octanol–water partition coefficient (Wildman–Crippen LogP) is 1.98. The molecule has 5 heteroatoms. The van der Waals surface area contributed by atoms with Crippen molar-refractivity contribution in [1.82, 2.24) is 0 Å². The smallest absolute Gasteiger partial charge is 0.365 e. The molecule has 0 aliphatic carbocycles. The van der Waals surface area contributed by atoms with Crippen molar-refractivity contribution in [3.8, 4) is 5.75 Å². The van der Waals surface area contributed by atoms with E-state index in [4.69, 9.17) is 14.5 Å². The van der Waals surface area contributed by atoms with E-state index >= 15 is 0 Å². The van der Waals surface area contributed by atoms with Crippen LogP contribution in [0.5, 0.6) is 5.75 Å². The number of benzene rings is 1. The first kappa shape index (κ1) is 11.2. The van der Waals surface area contributed by atoms with Gasteiger partial charge in [-0.2, -0.15) is 0 Å². The first-order valence-corrected chi connectivity index (χ1v) is 5.99. The van der Waals surface area contributed by atoms with Crippen LogP contribution in [-0.4, -0.2) is 15.6 Å². The molecule has 0 saturated carbocycles. The molecule has 1 aromatic rings. The van der Waals surface area contributed by atoms with Gasteiger partial charge in [0, 0.05) is 0 Å². The number of para-hydroxylation sites is 1. The molecule has 78 valence electrons. The van der Waals surface area contributed by atoms with E-state index in [0.717, 1.165) is 0 Å². The zero-order valence-corrected chi connectivity index (χ0v) is 8.72. The van der Waals surface area contributed by atoms with Crippen LogP contribution in [0.4, 0.5) is 0 Å². The van der Waals surface area contributed by atoms with Crippen molar-refractivity contribution < 1.29 is 19.1 Å². The van der Waals surface area contributed by atoms with Crippen molar-refractivity contribution in [2.45, 2.75) is 19.2 Å². The van der Waals surface area contributed by atoms with Crippen LogP contribution in [0.2, 0.25) is 0 Å². The van der Waals surface area contributed by atoms with Crippen LogP contribution in [0.25, 0.3) is 0 Å². The Bertz CT molecular complexity index is 319. The molecule has 0 radical (unpaired) electrons. The van der Waals surface area contributed by atoms with Gasteiger partial charge in [-0.05, 0) is 18.6 Å². The second-order valence-corrected chi connectivity index (χ2v) is 4.64. The fourth-order valence-electron chi connectivity index (χ4n) is 1.05. The Morgan fingerprint density at radius 2 is 1.93 bits per heavy atom. The molecule has 2 N–H and O–H groups in total. The standard InChI is InChI=1S/C9H13O4P/c1-2-9(14(10,11)12)13-8-6-4-3-5-7-8/h3-7,9H,2H2,1H3,(H2,10,11,12). The van der Waals surface area contributed by atoms with Crippen molar-refractivity contribution in [2.75, 3.05) is 0 Å². The fraction of sp³-hybridized carbons (Fsp3) is 0.333. The molecular formula is C9H13O4P. The molecule has 1 atom stereocenters. The molecule has 1 aromatic carbocycles. The van der Waals surface area contributed by atoms with Gasteiger partial charge in [0.15, 0.2) is 5.85 Å². The average Bonchev–Trinajstić information content (AvgIpc) is 2.14. The molecule has 0 spiro atoms. The summed E-state index contributed by atoms with van der Waals surface area (Å²) >= 11 is 0. The van der Waals surface area contributed by atoms with Crippen molar-refractivity contribution in [1.29, 1.82) is 0 Å². The molecular weight excluding hydrogens is 203 g/mol. The Labute approximate surface area is 82.7 Å². The zero-order valence-electron chi connectivity index (χ0n) is 7.83. The van der Waals surface area contributed by atoms with Gasteiger partial charge in [0.05, 0.1) is 0 Å². The van der Waals surface area contributed by atoms with E-state index < -0.39 is 13.4 Å². The van der Waals surface area contributed by atoms with Gasteiger partial charge in [-0.15, -0.1) is 0 Å².